The van der Waals surface area contributed by atoms with Crippen molar-refractivity contribution in [1.82, 2.24) is 18.5 Å². The van der Waals surface area contributed by atoms with E-state index in [0.29, 0.717) is 18.3 Å². The summed E-state index contributed by atoms with van der Waals surface area (Å²) in [5, 5.41) is 0.636. The second-order valence-corrected chi connectivity index (χ2v) is 10.3. The molecule has 29 heavy (non-hydrogen) atoms. The second kappa shape index (κ2) is 8.37. The van der Waals surface area contributed by atoms with Crippen molar-refractivity contribution in [2.24, 2.45) is 0 Å². The largest absolute Gasteiger partial charge is 0.431 e. The molecule has 1 aliphatic rings. The van der Waals surface area contributed by atoms with Gasteiger partial charge in [-0.1, -0.05) is 35.6 Å². The number of fused-ring (bicyclic) bond motifs is 1. The molecular formula is C20H24N4O3S2. The minimum atomic E-state index is -3.32. The zero-order valence-corrected chi connectivity index (χ0v) is 18.1. The van der Waals surface area contributed by atoms with Gasteiger partial charge in [-0.2, -0.15) is 17.0 Å². The summed E-state index contributed by atoms with van der Waals surface area (Å²) in [7, 11) is -0.185. The lowest BCUT2D eigenvalue weighted by molar-refractivity contribution is 0.177. The number of ether oxygens (including phenoxy) is 1. The van der Waals surface area contributed by atoms with Gasteiger partial charge in [0.1, 0.15) is 5.75 Å². The van der Waals surface area contributed by atoms with E-state index in [1.165, 1.54) is 21.2 Å². The lowest BCUT2D eigenvalue weighted by Crippen LogP contribution is -2.51. The van der Waals surface area contributed by atoms with Gasteiger partial charge in [0.2, 0.25) is 0 Å². The summed E-state index contributed by atoms with van der Waals surface area (Å²) in [4.78, 5) is 6.76. The molecular weight excluding hydrogens is 408 g/mol. The molecule has 4 rings (SSSR count). The first-order valence-electron chi connectivity index (χ1n) is 9.44. The molecule has 0 N–H and O–H groups in total. The molecule has 154 valence electrons. The number of benzene rings is 2. The Labute approximate surface area is 175 Å². The van der Waals surface area contributed by atoms with Gasteiger partial charge in [-0.3, -0.25) is 4.90 Å². The molecule has 9 heteroatoms. The molecule has 0 unspecified atom stereocenters. The number of piperazine rings is 1. The molecule has 0 atom stereocenters. The van der Waals surface area contributed by atoms with Crippen LogP contribution in [0, 0.1) is 0 Å². The highest BCUT2D eigenvalue weighted by Crippen LogP contribution is 2.31. The van der Waals surface area contributed by atoms with Crippen LogP contribution in [0.5, 0.6) is 10.9 Å². The molecule has 0 aliphatic carbocycles. The van der Waals surface area contributed by atoms with Crippen molar-refractivity contribution in [2.45, 2.75) is 6.54 Å². The maximum atomic E-state index is 12.2. The summed E-state index contributed by atoms with van der Waals surface area (Å²) >= 11 is 1.53. The Kier molecular flexibility index (Phi) is 5.84. The molecule has 1 aromatic heterocycles. The Morgan fingerprint density at radius 1 is 1.03 bits per heavy atom. The summed E-state index contributed by atoms with van der Waals surface area (Å²) in [5.41, 5.74) is 2.12. The van der Waals surface area contributed by atoms with Gasteiger partial charge in [-0.15, -0.1) is 0 Å². The molecule has 1 saturated heterocycles. The van der Waals surface area contributed by atoms with Gasteiger partial charge in [-0.25, -0.2) is 4.98 Å². The van der Waals surface area contributed by atoms with Crippen LogP contribution in [0.4, 0.5) is 0 Å². The highest BCUT2D eigenvalue weighted by atomic mass is 32.2. The Bertz CT molecular complexity index is 1040. The van der Waals surface area contributed by atoms with Gasteiger partial charge >= 0.3 is 0 Å². The summed E-state index contributed by atoms with van der Waals surface area (Å²) < 4.78 is 34.2. The zero-order valence-electron chi connectivity index (χ0n) is 16.5. The smallest absolute Gasteiger partial charge is 0.281 e. The van der Waals surface area contributed by atoms with Gasteiger partial charge < -0.3 is 4.74 Å². The Hall–Kier alpha value is -2.04. The molecule has 0 radical (unpaired) electrons. The third kappa shape index (κ3) is 4.59. The summed E-state index contributed by atoms with van der Waals surface area (Å²) in [6, 6.07) is 16.0. The standard InChI is InChI=1S/C20H24N4O3S2/c1-22(2)29(25,26)24-13-11-23(12-14-24)15-16-7-9-17(10-8-16)27-20-21-18-5-3-4-6-19(18)28-20/h3-10H,11-15H2,1-2H3. The molecule has 0 spiro atoms. The number of thiazole rings is 1. The van der Waals surface area contributed by atoms with Crippen molar-refractivity contribution in [3.8, 4) is 10.9 Å². The van der Waals surface area contributed by atoms with E-state index in [9.17, 15) is 8.42 Å². The summed E-state index contributed by atoms with van der Waals surface area (Å²) in [6.07, 6.45) is 0. The van der Waals surface area contributed by atoms with Crippen LogP contribution in [-0.2, 0) is 16.8 Å². The monoisotopic (exact) mass is 432 g/mol. The highest BCUT2D eigenvalue weighted by Gasteiger charge is 2.28. The first kappa shape index (κ1) is 20.2. The fourth-order valence-electron chi connectivity index (χ4n) is 3.27. The number of hydrogen-bond donors (Lipinski definition) is 0. The molecule has 2 heterocycles. The van der Waals surface area contributed by atoms with Crippen LogP contribution in [0.25, 0.3) is 10.2 Å². The number of nitrogens with zero attached hydrogens (tertiary/aromatic N) is 4. The predicted octanol–water partition coefficient (Wildman–Crippen LogP) is 3.01. The Morgan fingerprint density at radius 3 is 2.38 bits per heavy atom. The van der Waals surface area contributed by atoms with Gasteiger partial charge in [0.05, 0.1) is 10.2 Å². The van der Waals surface area contributed by atoms with E-state index in [4.69, 9.17) is 4.74 Å². The van der Waals surface area contributed by atoms with E-state index >= 15 is 0 Å². The average Bonchev–Trinajstić information content (AvgIpc) is 3.12. The van der Waals surface area contributed by atoms with Crippen LogP contribution in [0.3, 0.4) is 0 Å². The lowest BCUT2D eigenvalue weighted by Gasteiger charge is -2.35. The van der Waals surface area contributed by atoms with Crippen molar-refractivity contribution in [3.63, 3.8) is 0 Å². The normalized spacial score (nSPS) is 16.5. The van der Waals surface area contributed by atoms with Crippen LogP contribution in [0.1, 0.15) is 5.56 Å². The van der Waals surface area contributed by atoms with Crippen LogP contribution >= 0.6 is 11.3 Å². The van der Waals surface area contributed by atoms with Gasteiger partial charge in [0.25, 0.3) is 15.4 Å². The first-order valence-corrected chi connectivity index (χ1v) is 11.7. The van der Waals surface area contributed by atoms with Crippen LogP contribution in [0.15, 0.2) is 48.5 Å². The van der Waals surface area contributed by atoms with Crippen molar-refractivity contribution in [3.05, 3.63) is 54.1 Å². The minimum absolute atomic E-state index is 0.513. The first-order chi connectivity index (χ1) is 13.9. The predicted molar refractivity (Wildman–Crippen MR) is 116 cm³/mol. The SMILES string of the molecule is CN(C)S(=O)(=O)N1CCN(Cc2ccc(Oc3nc4ccccc4s3)cc2)CC1. The van der Waals surface area contributed by atoms with E-state index in [1.54, 1.807) is 18.4 Å². The molecule has 0 amide bonds. The molecule has 0 saturated carbocycles. The Balaban J connectivity index is 1.33. The summed E-state index contributed by atoms with van der Waals surface area (Å²) in [5.74, 6) is 0.759. The fraction of sp³-hybridized carbons (Fsp3) is 0.350. The van der Waals surface area contributed by atoms with Crippen LogP contribution < -0.4 is 4.74 Å². The molecule has 1 fully saturated rings. The van der Waals surface area contributed by atoms with Gasteiger partial charge in [0, 0.05) is 46.8 Å². The van der Waals surface area contributed by atoms with Crippen molar-refractivity contribution >= 4 is 31.8 Å². The molecule has 7 nitrogen and oxygen atoms in total. The Morgan fingerprint density at radius 2 is 1.72 bits per heavy atom. The van der Waals surface area contributed by atoms with E-state index in [-0.39, 0.29) is 0 Å². The highest BCUT2D eigenvalue weighted by molar-refractivity contribution is 7.86. The van der Waals surface area contributed by atoms with E-state index < -0.39 is 10.2 Å². The molecule has 3 aromatic rings. The minimum Gasteiger partial charge on any atom is -0.431 e. The van der Waals surface area contributed by atoms with Crippen molar-refractivity contribution < 1.29 is 13.2 Å². The van der Waals surface area contributed by atoms with Crippen LogP contribution in [0.2, 0.25) is 0 Å². The average molecular weight is 433 g/mol. The fourth-order valence-corrected chi connectivity index (χ4v) is 5.19. The zero-order chi connectivity index (χ0) is 20.4. The van der Waals surface area contributed by atoms with Crippen molar-refractivity contribution in [2.75, 3.05) is 40.3 Å². The molecule has 1 aliphatic heterocycles. The third-order valence-electron chi connectivity index (χ3n) is 4.93. The van der Waals surface area contributed by atoms with Gasteiger partial charge in [-0.05, 0) is 29.8 Å². The van der Waals surface area contributed by atoms with E-state index in [2.05, 4.69) is 9.88 Å². The van der Waals surface area contributed by atoms with Crippen molar-refractivity contribution in [1.29, 1.82) is 0 Å². The van der Waals surface area contributed by atoms with Gasteiger partial charge in [0.15, 0.2) is 0 Å². The molecule has 2 aromatic carbocycles. The number of hydrogen-bond acceptors (Lipinski definition) is 6. The lowest BCUT2D eigenvalue weighted by atomic mass is 10.2. The maximum Gasteiger partial charge on any atom is 0.281 e. The number of aromatic nitrogens is 1. The summed E-state index contributed by atoms with van der Waals surface area (Å²) in [6.45, 7) is 3.25. The molecule has 0 bridgehead atoms. The topological polar surface area (TPSA) is 66.0 Å². The number of para-hydroxylation sites is 1. The number of rotatable bonds is 6. The van der Waals surface area contributed by atoms with E-state index in [0.717, 1.165) is 35.6 Å². The maximum absolute atomic E-state index is 12.2. The third-order valence-corrected chi connectivity index (χ3v) is 7.78. The van der Waals surface area contributed by atoms with E-state index in [1.807, 2.05) is 48.5 Å². The quantitative estimate of drug-likeness (QED) is 0.599. The van der Waals surface area contributed by atoms with Crippen LogP contribution in [-0.4, -0.2) is 67.2 Å². The second-order valence-electron chi connectivity index (χ2n) is 7.16.